The summed E-state index contributed by atoms with van der Waals surface area (Å²) in [7, 11) is 2.21. The molecule has 3 heteroatoms. The van der Waals surface area contributed by atoms with Crippen molar-refractivity contribution in [2.45, 2.75) is 31.8 Å². The van der Waals surface area contributed by atoms with Crippen LogP contribution in [-0.4, -0.2) is 55.1 Å². The van der Waals surface area contributed by atoms with E-state index in [-0.39, 0.29) is 0 Å². The zero-order chi connectivity index (χ0) is 10.1. The van der Waals surface area contributed by atoms with Crippen molar-refractivity contribution in [1.82, 2.24) is 9.80 Å². The summed E-state index contributed by atoms with van der Waals surface area (Å²) in [6.45, 7) is 7.14. The normalized spacial score (nSPS) is 41.8. The van der Waals surface area contributed by atoms with E-state index in [0.29, 0.717) is 12.0 Å². The number of nitrogens with zero attached hydrogens (tertiary/aromatic N) is 2. The molecule has 82 valence electrons. The largest absolute Gasteiger partial charge is 0.326 e. The molecular weight excluding hydrogens is 174 g/mol. The molecule has 2 fully saturated rings. The van der Waals surface area contributed by atoms with Gasteiger partial charge >= 0.3 is 0 Å². The highest BCUT2D eigenvalue weighted by molar-refractivity contribution is 4.88. The van der Waals surface area contributed by atoms with E-state index in [1.54, 1.807) is 0 Å². The predicted octanol–water partition coefficient (Wildman–Crippen LogP) is 0.360. The van der Waals surface area contributed by atoms with E-state index < -0.39 is 0 Å². The van der Waals surface area contributed by atoms with Crippen molar-refractivity contribution < 1.29 is 0 Å². The Kier molecular flexibility index (Phi) is 3.10. The summed E-state index contributed by atoms with van der Waals surface area (Å²) in [5.74, 6) is 0.713. The van der Waals surface area contributed by atoms with Crippen molar-refractivity contribution in [1.29, 1.82) is 0 Å². The number of hydrogen-bond acceptors (Lipinski definition) is 3. The molecule has 3 unspecified atom stereocenters. The number of hydrogen-bond donors (Lipinski definition) is 1. The van der Waals surface area contributed by atoms with Crippen molar-refractivity contribution in [3.05, 3.63) is 0 Å². The Morgan fingerprint density at radius 3 is 2.50 bits per heavy atom. The number of nitrogens with two attached hydrogens (primary N) is 1. The molecule has 2 aliphatic rings. The van der Waals surface area contributed by atoms with Gasteiger partial charge in [-0.05, 0) is 38.9 Å². The maximum absolute atomic E-state index is 6.12. The van der Waals surface area contributed by atoms with Gasteiger partial charge in [0.2, 0.25) is 0 Å². The quantitative estimate of drug-likeness (QED) is 0.659. The third-order valence-electron chi connectivity index (χ3n) is 3.93. The maximum Gasteiger partial charge on any atom is 0.0235 e. The second kappa shape index (κ2) is 4.17. The molecule has 0 radical (unpaired) electrons. The van der Waals surface area contributed by atoms with Gasteiger partial charge < -0.3 is 10.6 Å². The lowest BCUT2D eigenvalue weighted by Crippen LogP contribution is -2.51. The van der Waals surface area contributed by atoms with Crippen molar-refractivity contribution in [3.63, 3.8) is 0 Å². The number of likely N-dealkylation sites (tertiary alicyclic amines) is 2. The highest BCUT2D eigenvalue weighted by Gasteiger charge is 2.31. The van der Waals surface area contributed by atoms with E-state index in [1.165, 1.54) is 32.5 Å². The molecule has 2 saturated heterocycles. The number of piperidine rings is 1. The fraction of sp³-hybridized carbons (Fsp3) is 1.00. The second-order valence-electron chi connectivity index (χ2n) is 5.13. The lowest BCUT2D eigenvalue weighted by molar-refractivity contribution is 0.123. The number of rotatable bonds is 1. The van der Waals surface area contributed by atoms with E-state index in [4.69, 9.17) is 5.73 Å². The van der Waals surface area contributed by atoms with Gasteiger partial charge in [0.15, 0.2) is 0 Å². The maximum atomic E-state index is 6.12. The minimum absolute atomic E-state index is 0.398. The van der Waals surface area contributed by atoms with E-state index in [2.05, 4.69) is 23.8 Å². The SMILES string of the molecule is CC1CCN(C2CCN(C)C2)CC1N. The minimum atomic E-state index is 0.398. The van der Waals surface area contributed by atoms with Crippen molar-refractivity contribution in [3.8, 4) is 0 Å². The molecule has 0 spiro atoms. The summed E-state index contributed by atoms with van der Waals surface area (Å²) >= 11 is 0. The first kappa shape index (κ1) is 10.4. The molecule has 14 heavy (non-hydrogen) atoms. The summed E-state index contributed by atoms with van der Waals surface area (Å²) in [6.07, 6.45) is 2.61. The van der Waals surface area contributed by atoms with Gasteiger partial charge in [0.05, 0.1) is 0 Å². The van der Waals surface area contributed by atoms with Crippen LogP contribution in [0.1, 0.15) is 19.8 Å². The Bertz CT molecular complexity index is 195. The van der Waals surface area contributed by atoms with Crippen LogP contribution in [0.15, 0.2) is 0 Å². The summed E-state index contributed by atoms with van der Waals surface area (Å²) in [6, 6.07) is 1.17. The zero-order valence-corrected chi connectivity index (χ0v) is 9.45. The van der Waals surface area contributed by atoms with Crippen LogP contribution in [0.4, 0.5) is 0 Å². The van der Waals surface area contributed by atoms with Crippen LogP contribution in [0.5, 0.6) is 0 Å². The third-order valence-corrected chi connectivity index (χ3v) is 3.93. The summed E-state index contributed by atoms with van der Waals surface area (Å²) in [5.41, 5.74) is 6.12. The van der Waals surface area contributed by atoms with Crippen LogP contribution in [0.2, 0.25) is 0 Å². The van der Waals surface area contributed by atoms with Crippen LogP contribution in [0, 0.1) is 5.92 Å². The summed E-state index contributed by atoms with van der Waals surface area (Å²) in [5, 5.41) is 0. The third kappa shape index (κ3) is 2.10. The van der Waals surface area contributed by atoms with Gasteiger partial charge in [0.25, 0.3) is 0 Å². The van der Waals surface area contributed by atoms with Gasteiger partial charge in [-0.3, -0.25) is 4.90 Å². The smallest absolute Gasteiger partial charge is 0.0235 e. The first-order valence-corrected chi connectivity index (χ1v) is 5.85. The van der Waals surface area contributed by atoms with Crippen LogP contribution in [-0.2, 0) is 0 Å². The van der Waals surface area contributed by atoms with E-state index in [1.807, 2.05) is 0 Å². The second-order valence-corrected chi connectivity index (χ2v) is 5.13. The Hall–Kier alpha value is -0.120. The lowest BCUT2D eigenvalue weighted by Gasteiger charge is -2.38. The van der Waals surface area contributed by atoms with Crippen LogP contribution in [0.25, 0.3) is 0 Å². The van der Waals surface area contributed by atoms with Gasteiger partial charge in [-0.1, -0.05) is 6.92 Å². The Morgan fingerprint density at radius 2 is 1.93 bits per heavy atom. The summed E-state index contributed by atoms with van der Waals surface area (Å²) in [4.78, 5) is 5.03. The average molecular weight is 197 g/mol. The zero-order valence-electron chi connectivity index (χ0n) is 9.45. The van der Waals surface area contributed by atoms with Gasteiger partial charge in [0, 0.05) is 25.2 Å². The van der Waals surface area contributed by atoms with Crippen molar-refractivity contribution >= 4 is 0 Å². The lowest BCUT2D eigenvalue weighted by atomic mass is 9.93. The van der Waals surface area contributed by atoms with Crippen molar-refractivity contribution in [2.24, 2.45) is 11.7 Å². The van der Waals surface area contributed by atoms with E-state index in [9.17, 15) is 0 Å². The average Bonchev–Trinajstić information content (AvgIpc) is 2.57. The first-order valence-electron chi connectivity index (χ1n) is 5.85. The fourth-order valence-electron chi connectivity index (χ4n) is 2.67. The van der Waals surface area contributed by atoms with E-state index >= 15 is 0 Å². The molecule has 0 bridgehead atoms. The van der Waals surface area contributed by atoms with Gasteiger partial charge in [-0.25, -0.2) is 0 Å². The summed E-state index contributed by atoms with van der Waals surface area (Å²) < 4.78 is 0. The Balaban J connectivity index is 1.87. The fourth-order valence-corrected chi connectivity index (χ4v) is 2.67. The molecule has 0 aromatic heterocycles. The minimum Gasteiger partial charge on any atom is -0.326 e. The van der Waals surface area contributed by atoms with Crippen LogP contribution < -0.4 is 5.73 Å². The molecular formula is C11H23N3. The van der Waals surface area contributed by atoms with Gasteiger partial charge in [-0.15, -0.1) is 0 Å². The molecule has 3 atom stereocenters. The van der Waals surface area contributed by atoms with E-state index in [0.717, 1.165) is 12.6 Å². The van der Waals surface area contributed by atoms with Gasteiger partial charge in [0.1, 0.15) is 0 Å². The standard InChI is InChI=1S/C11H23N3/c1-9-3-6-14(8-11(9)12)10-4-5-13(2)7-10/h9-11H,3-8,12H2,1-2H3. The topological polar surface area (TPSA) is 32.5 Å². The molecule has 2 heterocycles. The highest BCUT2D eigenvalue weighted by atomic mass is 15.3. The van der Waals surface area contributed by atoms with Crippen LogP contribution >= 0.6 is 0 Å². The van der Waals surface area contributed by atoms with Crippen LogP contribution in [0.3, 0.4) is 0 Å². The molecule has 2 rings (SSSR count). The monoisotopic (exact) mass is 197 g/mol. The highest BCUT2D eigenvalue weighted by Crippen LogP contribution is 2.21. The van der Waals surface area contributed by atoms with Gasteiger partial charge in [-0.2, -0.15) is 0 Å². The van der Waals surface area contributed by atoms with Crippen molar-refractivity contribution in [2.75, 3.05) is 33.2 Å². The Morgan fingerprint density at radius 1 is 1.14 bits per heavy atom. The molecule has 0 aliphatic carbocycles. The molecule has 2 N–H and O–H groups in total. The molecule has 0 aromatic rings. The predicted molar refractivity (Wildman–Crippen MR) is 59.2 cm³/mol. The molecule has 3 nitrogen and oxygen atoms in total. The molecule has 0 aromatic carbocycles. The molecule has 2 aliphatic heterocycles. The molecule has 0 amide bonds. The first-order chi connectivity index (χ1) is 6.66. The number of likely N-dealkylation sites (N-methyl/N-ethyl adjacent to an activating group) is 1. The Labute approximate surface area is 87.2 Å². The molecule has 0 saturated carbocycles.